The molecule has 0 atom stereocenters. The van der Waals surface area contributed by atoms with Gasteiger partial charge in [0.2, 0.25) is 0 Å². The lowest BCUT2D eigenvalue weighted by Crippen LogP contribution is -2.20. The Morgan fingerprint density at radius 2 is 1.71 bits per heavy atom. The molecule has 0 bridgehead atoms. The fourth-order valence-electron chi connectivity index (χ4n) is 2.36. The number of thiophene rings is 1. The van der Waals surface area contributed by atoms with Crippen LogP contribution in [0, 0.1) is 0 Å². The Labute approximate surface area is 148 Å². The first kappa shape index (κ1) is 18.0. The minimum Gasteiger partial charge on any atom is -0.369 e. The summed E-state index contributed by atoms with van der Waals surface area (Å²) in [7, 11) is 5.61. The van der Waals surface area contributed by atoms with Gasteiger partial charge in [-0.3, -0.25) is 4.79 Å². The Kier molecular flexibility index (Phi) is 5.99. The second kappa shape index (κ2) is 7.97. The van der Waals surface area contributed by atoms with Gasteiger partial charge in [0.1, 0.15) is 0 Å². The van der Waals surface area contributed by atoms with Crippen molar-refractivity contribution in [2.24, 2.45) is 0 Å². The lowest BCUT2D eigenvalue weighted by Gasteiger charge is -2.22. The molecule has 0 unspecified atom stereocenters. The molecule has 126 valence electrons. The predicted octanol–water partition coefficient (Wildman–Crippen LogP) is 4.50. The highest BCUT2D eigenvalue weighted by molar-refractivity contribution is 7.15. The number of hydrogen-bond acceptors (Lipinski definition) is 3. The van der Waals surface area contributed by atoms with Crippen molar-refractivity contribution in [1.82, 2.24) is 9.80 Å². The third-order valence-electron chi connectivity index (χ3n) is 3.53. The van der Waals surface area contributed by atoms with E-state index in [0.717, 1.165) is 27.6 Å². The van der Waals surface area contributed by atoms with Gasteiger partial charge in [0.05, 0.1) is 15.5 Å². The van der Waals surface area contributed by atoms with Crippen LogP contribution in [0.4, 0.5) is 0 Å². The second-order valence-corrected chi connectivity index (χ2v) is 7.16. The van der Waals surface area contributed by atoms with Gasteiger partial charge < -0.3 is 9.80 Å². The van der Waals surface area contributed by atoms with E-state index in [1.807, 2.05) is 37.3 Å². The number of allylic oxidation sites excluding steroid dienone is 2. The second-order valence-electron chi connectivity index (χ2n) is 6.08. The molecule has 0 saturated heterocycles. The Hall–Kier alpha value is -2.33. The highest BCUT2D eigenvalue weighted by Gasteiger charge is 2.15. The van der Waals surface area contributed by atoms with Crippen LogP contribution in [0.5, 0.6) is 0 Å². The average Bonchev–Trinajstić information content (AvgIpc) is 3.02. The summed E-state index contributed by atoms with van der Waals surface area (Å²) in [6, 6.07) is 14.2. The van der Waals surface area contributed by atoms with Crippen LogP contribution >= 0.6 is 11.3 Å². The zero-order chi connectivity index (χ0) is 17.7. The van der Waals surface area contributed by atoms with Crippen LogP contribution in [0.3, 0.4) is 0 Å². The average molecular weight is 340 g/mol. The quantitative estimate of drug-likeness (QED) is 0.723. The van der Waals surface area contributed by atoms with Gasteiger partial charge in [0, 0.05) is 27.7 Å². The molecular formula is C20H24N2OS. The van der Waals surface area contributed by atoms with E-state index in [0.29, 0.717) is 0 Å². The molecule has 0 aliphatic carbocycles. The fourth-order valence-corrected chi connectivity index (χ4v) is 3.45. The molecule has 3 nitrogen and oxygen atoms in total. The van der Waals surface area contributed by atoms with Gasteiger partial charge in [-0.2, -0.15) is 0 Å². The first-order valence-electron chi connectivity index (χ1n) is 7.82. The molecule has 0 aliphatic heterocycles. The summed E-state index contributed by atoms with van der Waals surface area (Å²) < 4.78 is 0. The summed E-state index contributed by atoms with van der Waals surface area (Å²) in [6.45, 7) is 6.79. The van der Waals surface area contributed by atoms with Crippen LogP contribution in [0.2, 0.25) is 0 Å². The SMILES string of the molecule is C=C(C)/C=C(/c1ccc(C(=O)N(C)C)s1)N(C)Cc1ccccc1. The fraction of sp³-hybridized carbons (Fsp3) is 0.250. The molecule has 0 saturated carbocycles. The largest absolute Gasteiger partial charge is 0.369 e. The summed E-state index contributed by atoms with van der Waals surface area (Å²) in [6.07, 6.45) is 2.07. The molecular weight excluding hydrogens is 316 g/mol. The summed E-state index contributed by atoms with van der Waals surface area (Å²) in [4.78, 5) is 17.8. The molecule has 0 fully saturated rings. The Morgan fingerprint density at radius 3 is 2.29 bits per heavy atom. The lowest BCUT2D eigenvalue weighted by molar-refractivity contribution is 0.0832. The maximum Gasteiger partial charge on any atom is 0.263 e. The van der Waals surface area contributed by atoms with Gasteiger partial charge in [0.25, 0.3) is 5.91 Å². The smallest absolute Gasteiger partial charge is 0.263 e. The van der Waals surface area contributed by atoms with Crippen molar-refractivity contribution < 1.29 is 4.79 Å². The van der Waals surface area contributed by atoms with Crippen molar-refractivity contribution in [3.63, 3.8) is 0 Å². The highest BCUT2D eigenvalue weighted by Crippen LogP contribution is 2.29. The standard InChI is InChI=1S/C20H24N2OS/c1-15(2)13-17(22(5)14-16-9-7-6-8-10-16)18-11-12-19(24-18)20(23)21(3)4/h6-13H,1,14H2,2-5H3/b17-13-. The molecule has 4 heteroatoms. The molecule has 0 aliphatic rings. The number of nitrogens with zero attached hydrogens (tertiary/aromatic N) is 2. The van der Waals surface area contributed by atoms with Gasteiger partial charge in [-0.25, -0.2) is 0 Å². The third-order valence-corrected chi connectivity index (χ3v) is 4.63. The molecule has 1 heterocycles. The van der Waals surface area contributed by atoms with E-state index in [4.69, 9.17) is 0 Å². The monoisotopic (exact) mass is 340 g/mol. The molecule has 1 amide bonds. The maximum atomic E-state index is 12.1. The molecule has 24 heavy (non-hydrogen) atoms. The Morgan fingerprint density at radius 1 is 1.08 bits per heavy atom. The normalized spacial score (nSPS) is 11.2. The van der Waals surface area contributed by atoms with E-state index >= 15 is 0 Å². The van der Waals surface area contributed by atoms with E-state index < -0.39 is 0 Å². The van der Waals surface area contributed by atoms with Crippen LogP contribution in [0.25, 0.3) is 5.70 Å². The zero-order valence-corrected chi connectivity index (χ0v) is 15.6. The van der Waals surface area contributed by atoms with E-state index in [2.05, 4.69) is 36.7 Å². The molecule has 1 aromatic heterocycles. The van der Waals surface area contributed by atoms with Crippen molar-refractivity contribution in [1.29, 1.82) is 0 Å². The molecule has 0 radical (unpaired) electrons. The number of amides is 1. The van der Waals surface area contributed by atoms with Gasteiger partial charge >= 0.3 is 0 Å². The van der Waals surface area contributed by atoms with Crippen LogP contribution in [0.15, 0.2) is 60.7 Å². The summed E-state index contributed by atoms with van der Waals surface area (Å²) in [5.41, 5.74) is 3.31. The van der Waals surface area contributed by atoms with Crippen molar-refractivity contribution >= 4 is 22.9 Å². The van der Waals surface area contributed by atoms with Crippen molar-refractivity contribution in [2.75, 3.05) is 21.1 Å². The van der Waals surface area contributed by atoms with Crippen LogP contribution in [0.1, 0.15) is 27.0 Å². The van der Waals surface area contributed by atoms with Gasteiger partial charge in [-0.1, -0.05) is 42.5 Å². The van der Waals surface area contributed by atoms with Gasteiger partial charge in [-0.15, -0.1) is 11.3 Å². The van der Waals surface area contributed by atoms with Gasteiger partial charge in [0.15, 0.2) is 0 Å². The third kappa shape index (κ3) is 4.59. The number of rotatable bonds is 6. The summed E-state index contributed by atoms with van der Waals surface area (Å²) in [5, 5.41) is 0. The van der Waals surface area contributed by atoms with E-state index in [1.54, 1.807) is 19.0 Å². The zero-order valence-electron chi connectivity index (χ0n) is 14.7. The highest BCUT2D eigenvalue weighted by atomic mass is 32.1. The Bertz CT molecular complexity index is 744. The molecule has 2 aromatic rings. The maximum absolute atomic E-state index is 12.1. The van der Waals surface area contributed by atoms with Crippen LogP contribution < -0.4 is 0 Å². The first-order chi connectivity index (χ1) is 11.4. The van der Waals surface area contributed by atoms with Crippen LogP contribution in [-0.4, -0.2) is 36.9 Å². The summed E-state index contributed by atoms with van der Waals surface area (Å²) in [5.74, 6) is 0.0339. The van der Waals surface area contributed by atoms with Crippen LogP contribution in [-0.2, 0) is 6.54 Å². The minimum atomic E-state index is 0.0339. The molecule has 0 spiro atoms. The lowest BCUT2D eigenvalue weighted by atomic mass is 10.2. The van der Waals surface area contributed by atoms with E-state index in [-0.39, 0.29) is 5.91 Å². The first-order valence-corrected chi connectivity index (χ1v) is 8.64. The number of hydrogen-bond donors (Lipinski definition) is 0. The summed E-state index contributed by atoms with van der Waals surface area (Å²) >= 11 is 1.52. The topological polar surface area (TPSA) is 23.6 Å². The number of carbonyl (C=O) groups is 1. The van der Waals surface area contributed by atoms with Gasteiger partial charge in [-0.05, 0) is 30.7 Å². The molecule has 0 N–H and O–H groups in total. The predicted molar refractivity (Wildman–Crippen MR) is 103 cm³/mol. The van der Waals surface area contributed by atoms with Crippen molar-refractivity contribution in [3.8, 4) is 0 Å². The Balaban J connectivity index is 2.29. The number of benzene rings is 1. The van der Waals surface area contributed by atoms with E-state index in [1.165, 1.54) is 16.9 Å². The number of carbonyl (C=O) groups excluding carboxylic acids is 1. The van der Waals surface area contributed by atoms with Crippen molar-refractivity contribution in [3.05, 3.63) is 76.0 Å². The molecule has 1 aromatic carbocycles. The molecule has 2 rings (SSSR count). The van der Waals surface area contributed by atoms with Crippen molar-refractivity contribution in [2.45, 2.75) is 13.5 Å². The minimum absolute atomic E-state index is 0.0339. The van der Waals surface area contributed by atoms with E-state index in [9.17, 15) is 4.79 Å².